The normalized spacial score (nSPS) is 24.3. The molecule has 3 heteroatoms. The molecule has 2 aliphatic heterocycles. The minimum Gasteiger partial charge on any atom is -0.312 e. The Balaban J connectivity index is 1.36. The van der Waals surface area contributed by atoms with Crippen molar-refractivity contribution >= 4 is 0 Å². The molecule has 3 nitrogen and oxygen atoms in total. The Morgan fingerprint density at radius 2 is 1.50 bits per heavy atom. The molecule has 2 fully saturated rings. The van der Waals surface area contributed by atoms with E-state index in [4.69, 9.17) is 0 Å². The number of nitrogens with one attached hydrogen (secondary N) is 1. The van der Waals surface area contributed by atoms with E-state index in [2.05, 4.69) is 75.8 Å². The van der Waals surface area contributed by atoms with Crippen LogP contribution in [-0.4, -0.2) is 55.1 Å². The molecule has 0 amide bonds. The van der Waals surface area contributed by atoms with E-state index in [0.29, 0.717) is 12.0 Å². The second-order valence-corrected chi connectivity index (χ2v) is 8.49. The maximum Gasteiger partial charge on any atom is 0.0234 e. The van der Waals surface area contributed by atoms with Crippen molar-refractivity contribution in [3.05, 3.63) is 71.8 Å². The summed E-state index contributed by atoms with van der Waals surface area (Å²) >= 11 is 0. The molecule has 1 N–H and O–H groups in total. The monoisotopic (exact) mass is 377 g/mol. The molecule has 0 aliphatic carbocycles. The molecular formula is C25H35N3. The van der Waals surface area contributed by atoms with Gasteiger partial charge in [-0.3, -0.25) is 4.90 Å². The van der Waals surface area contributed by atoms with E-state index >= 15 is 0 Å². The topological polar surface area (TPSA) is 18.5 Å². The summed E-state index contributed by atoms with van der Waals surface area (Å²) < 4.78 is 0. The van der Waals surface area contributed by atoms with Gasteiger partial charge in [0.2, 0.25) is 0 Å². The predicted molar refractivity (Wildman–Crippen MR) is 118 cm³/mol. The van der Waals surface area contributed by atoms with Crippen molar-refractivity contribution in [2.24, 2.45) is 0 Å². The minimum atomic E-state index is 0.569. The van der Waals surface area contributed by atoms with Crippen molar-refractivity contribution in [1.82, 2.24) is 15.1 Å². The lowest BCUT2D eigenvalue weighted by Gasteiger charge is -2.40. The van der Waals surface area contributed by atoms with E-state index in [9.17, 15) is 0 Å². The molecule has 2 aromatic carbocycles. The average molecular weight is 378 g/mol. The molecule has 0 radical (unpaired) electrons. The number of hydrogen-bond acceptors (Lipinski definition) is 3. The Labute approximate surface area is 170 Å². The molecule has 2 aliphatic rings. The van der Waals surface area contributed by atoms with E-state index in [0.717, 1.165) is 19.6 Å². The summed E-state index contributed by atoms with van der Waals surface area (Å²) in [6.45, 7) is 8.28. The highest BCUT2D eigenvalue weighted by atomic mass is 15.2. The molecule has 2 unspecified atom stereocenters. The van der Waals surface area contributed by atoms with Gasteiger partial charge in [-0.25, -0.2) is 0 Å². The standard InChI is InChI=1S/C25H35N3/c1-4-10-22(11-5-1)20-28-18-14-25(24(21-28)23-12-6-2-7-13-23)26-15-19-27-16-8-3-9-17-27/h1-2,4-7,10-13,24-26H,3,8-9,14-21H2. The van der Waals surface area contributed by atoms with Crippen molar-refractivity contribution in [3.63, 3.8) is 0 Å². The third kappa shape index (κ3) is 5.44. The van der Waals surface area contributed by atoms with Crippen LogP contribution in [0, 0.1) is 0 Å². The van der Waals surface area contributed by atoms with Crippen molar-refractivity contribution in [3.8, 4) is 0 Å². The molecule has 0 aromatic heterocycles. The smallest absolute Gasteiger partial charge is 0.0234 e. The summed E-state index contributed by atoms with van der Waals surface area (Å²) in [6.07, 6.45) is 5.40. The fourth-order valence-corrected chi connectivity index (χ4v) is 4.88. The molecule has 4 rings (SSSR count). The molecule has 150 valence electrons. The van der Waals surface area contributed by atoms with Gasteiger partial charge in [-0.15, -0.1) is 0 Å². The van der Waals surface area contributed by atoms with Crippen molar-refractivity contribution in [2.45, 2.75) is 44.2 Å². The van der Waals surface area contributed by atoms with Crippen LogP contribution in [0.1, 0.15) is 42.7 Å². The van der Waals surface area contributed by atoms with Crippen molar-refractivity contribution in [2.75, 3.05) is 39.3 Å². The summed E-state index contributed by atoms with van der Waals surface area (Å²) in [5, 5.41) is 3.93. The zero-order chi connectivity index (χ0) is 19.0. The summed E-state index contributed by atoms with van der Waals surface area (Å²) in [5.41, 5.74) is 2.90. The first kappa shape index (κ1) is 19.6. The lowest BCUT2D eigenvalue weighted by Crippen LogP contribution is -2.49. The Hall–Kier alpha value is -1.68. The second-order valence-electron chi connectivity index (χ2n) is 8.49. The van der Waals surface area contributed by atoms with Gasteiger partial charge in [0.05, 0.1) is 0 Å². The highest BCUT2D eigenvalue weighted by Crippen LogP contribution is 2.28. The van der Waals surface area contributed by atoms with Gasteiger partial charge in [0.1, 0.15) is 0 Å². The van der Waals surface area contributed by atoms with Crippen LogP contribution in [0.25, 0.3) is 0 Å². The highest BCUT2D eigenvalue weighted by Gasteiger charge is 2.30. The molecule has 28 heavy (non-hydrogen) atoms. The fourth-order valence-electron chi connectivity index (χ4n) is 4.88. The number of rotatable bonds is 7. The van der Waals surface area contributed by atoms with Gasteiger partial charge in [-0.2, -0.15) is 0 Å². The fraction of sp³-hybridized carbons (Fsp3) is 0.520. The highest BCUT2D eigenvalue weighted by molar-refractivity contribution is 5.23. The molecule has 2 atom stereocenters. The largest absolute Gasteiger partial charge is 0.312 e. The minimum absolute atomic E-state index is 0.569. The molecule has 0 saturated carbocycles. The van der Waals surface area contributed by atoms with Crippen molar-refractivity contribution in [1.29, 1.82) is 0 Å². The maximum absolute atomic E-state index is 3.93. The zero-order valence-corrected chi connectivity index (χ0v) is 17.1. The van der Waals surface area contributed by atoms with Gasteiger partial charge in [-0.05, 0) is 43.5 Å². The first-order chi connectivity index (χ1) is 13.9. The van der Waals surface area contributed by atoms with Gasteiger partial charge in [0.15, 0.2) is 0 Å². The van der Waals surface area contributed by atoms with Gasteiger partial charge in [0, 0.05) is 44.7 Å². The van der Waals surface area contributed by atoms with Gasteiger partial charge in [-0.1, -0.05) is 67.1 Å². The molecular weight excluding hydrogens is 342 g/mol. The van der Waals surface area contributed by atoms with Crippen LogP contribution in [0.2, 0.25) is 0 Å². The number of piperidine rings is 2. The summed E-state index contributed by atoms with van der Waals surface area (Å²) in [7, 11) is 0. The molecule has 0 spiro atoms. The first-order valence-corrected chi connectivity index (χ1v) is 11.2. The van der Waals surface area contributed by atoms with Crippen LogP contribution in [-0.2, 0) is 6.54 Å². The number of benzene rings is 2. The van der Waals surface area contributed by atoms with E-state index in [1.54, 1.807) is 0 Å². The van der Waals surface area contributed by atoms with Crippen molar-refractivity contribution < 1.29 is 0 Å². The predicted octanol–water partition coefficient (Wildman–Crippen LogP) is 4.12. The van der Waals surface area contributed by atoms with Crippen LogP contribution in [0.5, 0.6) is 0 Å². The van der Waals surface area contributed by atoms with Crippen LogP contribution in [0.3, 0.4) is 0 Å². The lowest BCUT2D eigenvalue weighted by atomic mass is 9.85. The van der Waals surface area contributed by atoms with E-state index in [1.165, 1.54) is 63.0 Å². The van der Waals surface area contributed by atoms with Crippen LogP contribution in [0.4, 0.5) is 0 Å². The average Bonchev–Trinajstić information content (AvgIpc) is 2.77. The lowest BCUT2D eigenvalue weighted by molar-refractivity contribution is 0.161. The molecule has 2 heterocycles. The van der Waals surface area contributed by atoms with E-state index in [1.807, 2.05) is 0 Å². The third-order valence-electron chi connectivity index (χ3n) is 6.46. The Morgan fingerprint density at radius 1 is 0.786 bits per heavy atom. The maximum atomic E-state index is 3.93. The quantitative estimate of drug-likeness (QED) is 0.783. The van der Waals surface area contributed by atoms with Crippen LogP contribution >= 0.6 is 0 Å². The number of hydrogen-bond donors (Lipinski definition) is 1. The van der Waals surface area contributed by atoms with E-state index < -0.39 is 0 Å². The third-order valence-corrected chi connectivity index (χ3v) is 6.46. The molecule has 2 saturated heterocycles. The second kappa shape index (κ2) is 10.2. The Morgan fingerprint density at radius 3 is 2.25 bits per heavy atom. The molecule has 2 aromatic rings. The van der Waals surface area contributed by atoms with Gasteiger partial charge >= 0.3 is 0 Å². The van der Waals surface area contributed by atoms with Crippen LogP contribution in [0.15, 0.2) is 60.7 Å². The number of nitrogens with zero attached hydrogens (tertiary/aromatic N) is 2. The van der Waals surface area contributed by atoms with Gasteiger partial charge in [0.25, 0.3) is 0 Å². The zero-order valence-electron chi connectivity index (χ0n) is 17.1. The Kier molecular flexibility index (Phi) is 7.15. The van der Waals surface area contributed by atoms with Crippen LogP contribution < -0.4 is 5.32 Å². The summed E-state index contributed by atoms with van der Waals surface area (Å²) in [5.74, 6) is 0.569. The summed E-state index contributed by atoms with van der Waals surface area (Å²) in [4.78, 5) is 5.27. The number of likely N-dealkylation sites (tertiary alicyclic amines) is 2. The van der Waals surface area contributed by atoms with Gasteiger partial charge < -0.3 is 10.2 Å². The Bertz CT molecular complexity index is 681. The SMILES string of the molecule is c1ccc(CN2CCC(NCCN3CCCCC3)C(c3ccccc3)C2)cc1. The molecule has 0 bridgehead atoms. The first-order valence-electron chi connectivity index (χ1n) is 11.2. The summed E-state index contributed by atoms with van der Waals surface area (Å²) in [6, 6.07) is 22.6. The van der Waals surface area contributed by atoms with E-state index in [-0.39, 0.29) is 0 Å².